The molecule has 0 saturated carbocycles. The van der Waals surface area contributed by atoms with Crippen LogP contribution in [0.1, 0.15) is 5.56 Å². The summed E-state index contributed by atoms with van der Waals surface area (Å²) < 4.78 is 0. The summed E-state index contributed by atoms with van der Waals surface area (Å²) in [5, 5.41) is 14.0. The van der Waals surface area contributed by atoms with Crippen LogP contribution in [0.2, 0.25) is 0 Å². The van der Waals surface area contributed by atoms with E-state index in [1.54, 1.807) is 6.92 Å². The van der Waals surface area contributed by atoms with Crippen LogP contribution in [-0.2, 0) is 0 Å². The molecule has 0 unspecified atom stereocenters. The molecule has 1 aliphatic rings. The highest BCUT2D eigenvalue weighted by atomic mass is 32.2. The average molecular weight is 282 g/mol. The Bertz CT molecular complexity index is 449. The monoisotopic (exact) mass is 282 g/mol. The van der Waals surface area contributed by atoms with E-state index in [-0.39, 0.29) is 10.6 Å². The molecule has 104 valence electrons. The van der Waals surface area contributed by atoms with E-state index in [9.17, 15) is 10.1 Å². The Morgan fingerprint density at radius 2 is 2.26 bits per heavy atom. The van der Waals surface area contributed by atoms with Crippen molar-refractivity contribution in [2.45, 2.75) is 6.92 Å². The minimum atomic E-state index is -0.371. The van der Waals surface area contributed by atoms with Crippen LogP contribution in [0, 0.1) is 17.0 Å². The molecule has 1 fully saturated rings. The van der Waals surface area contributed by atoms with Gasteiger partial charge in [-0.25, -0.2) is 4.98 Å². The molecule has 0 aromatic carbocycles. The van der Waals surface area contributed by atoms with E-state index in [4.69, 9.17) is 0 Å². The second kappa shape index (κ2) is 6.72. The number of hydrogen-bond donors (Lipinski definition) is 1. The number of anilines is 1. The maximum absolute atomic E-state index is 10.8. The number of hydrogen-bond acceptors (Lipinski definition) is 6. The molecule has 2 heterocycles. The predicted molar refractivity (Wildman–Crippen MR) is 77.9 cm³/mol. The van der Waals surface area contributed by atoms with Crippen LogP contribution < -0.4 is 5.32 Å². The van der Waals surface area contributed by atoms with Gasteiger partial charge >= 0.3 is 0 Å². The number of pyridine rings is 1. The van der Waals surface area contributed by atoms with Crippen molar-refractivity contribution in [3.8, 4) is 0 Å². The zero-order chi connectivity index (χ0) is 13.7. The fourth-order valence-corrected chi connectivity index (χ4v) is 2.95. The molecule has 1 aromatic rings. The Labute approximate surface area is 116 Å². The van der Waals surface area contributed by atoms with Crippen LogP contribution in [0.4, 0.5) is 11.5 Å². The molecule has 19 heavy (non-hydrogen) atoms. The second-order valence-corrected chi connectivity index (χ2v) is 5.72. The van der Waals surface area contributed by atoms with Gasteiger partial charge in [-0.1, -0.05) is 0 Å². The van der Waals surface area contributed by atoms with Gasteiger partial charge < -0.3 is 5.32 Å². The van der Waals surface area contributed by atoms with Crippen LogP contribution in [-0.4, -0.2) is 52.5 Å². The first kappa shape index (κ1) is 14.1. The number of nitrogens with zero attached hydrogens (tertiary/aromatic N) is 3. The molecule has 2 rings (SSSR count). The molecular weight excluding hydrogens is 264 g/mol. The SMILES string of the molecule is Cc1cnc(NCCN2CCSCC2)cc1[N+](=O)[O-]. The summed E-state index contributed by atoms with van der Waals surface area (Å²) in [6, 6.07) is 1.50. The van der Waals surface area contributed by atoms with Gasteiger partial charge in [-0.15, -0.1) is 0 Å². The summed E-state index contributed by atoms with van der Waals surface area (Å²) >= 11 is 1.99. The number of rotatable bonds is 5. The van der Waals surface area contributed by atoms with Crippen molar-refractivity contribution in [1.29, 1.82) is 0 Å². The maximum Gasteiger partial charge on any atom is 0.277 e. The summed E-state index contributed by atoms with van der Waals surface area (Å²) in [7, 11) is 0. The van der Waals surface area contributed by atoms with Gasteiger partial charge in [0.2, 0.25) is 0 Å². The quantitative estimate of drug-likeness (QED) is 0.655. The van der Waals surface area contributed by atoms with E-state index in [1.807, 2.05) is 11.8 Å². The molecule has 6 nitrogen and oxygen atoms in total. The van der Waals surface area contributed by atoms with E-state index in [0.717, 1.165) is 26.2 Å². The molecule has 0 atom stereocenters. The third-order valence-electron chi connectivity index (χ3n) is 3.11. The number of aryl methyl sites for hydroxylation is 1. The Kier molecular flexibility index (Phi) is 4.98. The Morgan fingerprint density at radius 3 is 2.95 bits per heavy atom. The molecule has 7 heteroatoms. The van der Waals surface area contributed by atoms with Crippen molar-refractivity contribution >= 4 is 23.3 Å². The molecule has 0 spiro atoms. The van der Waals surface area contributed by atoms with Gasteiger partial charge in [-0.3, -0.25) is 15.0 Å². The summed E-state index contributed by atoms with van der Waals surface area (Å²) in [6.07, 6.45) is 1.54. The summed E-state index contributed by atoms with van der Waals surface area (Å²) in [5.74, 6) is 2.95. The van der Waals surface area contributed by atoms with Gasteiger partial charge in [0.05, 0.1) is 11.0 Å². The first-order chi connectivity index (χ1) is 9.16. The molecule has 0 bridgehead atoms. The summed E-state index contributed by atoms with van der Waals surface area (Å²) in [4.78, 5) is 17.0. The molecule has 1 N–H and O–H groups in total. The highest BCUT2D eigenvalue weighted by Gasteiger charge is 2.13. The number of nitro groups is 1. The highest BCUT2D eigenvalue weighted by molar-refractivity contribution is 7.99. The van der Waals surface area contributed by atoms with E-state index >= 15 is 0 Å². The topological polar surface area (TPSA) is 71.3 Å². The normalized spacial score (nSPS) is 16.3. The average Bonchev–Trinajstić information content (AvgIpc) is 2.41. The minimum absolute atomic E-state index is 0.117. The smallest absolute Gasteiger partial charge is 0.277 e. The van der Waals surface area contributed by atoms with Crippen molar-refractivity contribution in [2.24, 2.45) is 0 Å². The third kappa shape index (κ3) is 4.07. The molecule has 1 aromatic heterocycles. The number of thioether (sulfide) groups is 1. The Hall–Kier alpha value is -1.34. The second-order valence-electron chi connectivity index (χ2n) is 4.49. The maximum atomic E-state index is 10.8. The van der Waals surface area contributed by atoms with E-state index in [2.05, 4.69) is 15.2 Å². The molecule has 1 saturated heterocycles. The van der Waals surface area contributed by atoms with Gasteiger partial charge in [-0.2, -0.15) is 11.8 Å². The first-order valence-electron chi connectivity index (χ1n) is 6.32. The number of aromatic nitrogens is 1. The minimum Gasteiger partial charge on any atom is -0.369 e. The van der Waals surface area contributed by atoms with Gasteiger partial charge in [0, 0.05) is 49.4 Å². The van der Waals surface area contributed by atoms with Gasteiger partial charge in [0.25, 0.3) is 5.69 Å². The zero-order valence-corrected chi connectivity index (χ0v) is 11.8. The molecular formula is C12H18N4O2S. The lowest BCUT2D eigenvalue weighted by molar-refractivity contribution is -0.385. The van der Waals surface area contributed by atoms with Gasteiger partial charge in [0.15, 0.2) is 0 Å². The van der Waals surface area contributed by atoms with Crippen molar-refractivity contribution < 1.29 is 4.92 Å². The molecule has 0 aliphatic carbocycles. The van der Waals surface area contributed by atoms with Crippen molar-refractivity contribution in [1.82, 2.24) is 9.88 Å². The third-order valence-corrected chi connectivity index (χ3v) is 4.05. The fourth-order valence-electron chi connectivity index (χ4n) is 1.97. The van der Waals surface area contributed by atoms with E-state index < -0.39 is 0 Å². The molecule has 0 amide bonds. The summed E-state index contributed by atoms with van der Waals surface area (Å²) in [5.41, 5.74) is 0.704. The Balaban J connectivity index is 1.85. The van der Waals surface area contributed by atoms with Gasteiger partial charge in [-0.05, 0) is 6.92 Å². The lowest BCUT2D eigenvalue weighted by Gasteiger charge is -2.26. The van der Waals surface area contributed by atoms with Crippen LogP contribution in [0.25, 0.3) is 0 Å². The van der Waals surface area contributed by atoms with Crippen LogP contribution in [0.5, 0.6) is 0 Å². The fraction of sp³-hybridized carbons (Fsp3) is 0.583. The van der Waals surface area contributed by atoms with E-state index in [1.165, 1.54) is 23.8 Å². The van der Waals surface area contributed by atoms with Crippen molar-refractivity contribution in [2.75, 3.05) is 43.0 Å². The first-order valence-corrected chi connectivity index (χ1v) is 7.47. The standard InChI is InChI=1S/C12H18N4O2S/c1-10-9-14-12(8-11(10)16(17)18)13-2-3-15-4-6-19-7-5-15/h8-9H,2-7H2,1H3,(H,13,14). The van der Waals surface area contributed by atoms with Crippen LogP contribution in [0.15, 0.2) is 12.3 Å². The summed E-state index contributed by atoms with van der Waals surface area (Å²) in [6.45, 7) is 5.64. The molecule has 0 radical (unpaired) electrons. The van der Waals surface area contributed by atoms with Crippen LogP contribution >= 0.6 is 11.8 Å². The van der Waals surface area contributed by atoms with Crippen LogP contribution in [0.3, 0.4) is 0 Å². The molecule has 1 aliphatic heterocycles. The lowest BCUT2D eigenvalue weighted by Crippen LogP contribution is -2.36. The van der Waals surface area contributed by atoms with Crippen molar-refractivity contribution in [3.05, 3.63) is 27.9 Å². The number of nitrogens with one attached hydrogen (secondary N) is 1. The zero-order valence-electron chi connectivity index (χ0n) is 11.0. The Morgan fingerprint density at radius 1 is 1.53 bits per heavy atom. The lowest BCUT2D eigenvalue weighted by atomic mass is 10.2. The van der Waals surface area contributed by atoms with Gasteiger partial charge in [0.1, 0.15) is 5.82 Å². The van der Waals surface area contributed by atoms with E-state index in [0.29, 0.717) is 11.4 Å². The predicted octanol–water partition coefficient (Wildman–Crippen LogP) is 1.76. The highest BCUT2D eigenvalue weighted by Crippen LogP contribution is 2.19. The largest absolute Gasteiger partial charge is 0.369 e. The van der Waals surface area contributed by atoms with Crippen molar-refractivity contribution in [3.63, 3.8) is 0 Å².